The number of aryl methyl sites for hydroxylation is 2. The highest BCUT2D eigenvalue weighted by molar-refractivity contribution is 7.98. The fraction of sp³-hybridized carbons (Fsp3) is 0.125. The standard InChI is InChI=1S/C24H18N6O2S2/c1-14-7-8-18(15(2)11-14)29-21(32)17-5-3-4-6-19(17)30-22(29)26-27-24(30)34-13-16-12-20(31)28-9-10-33-23(28)25-16/h3-12H,13H2,1-2H3. The molecule has 0 aliphatic carbocycles. The smallest absolute Gasteiger partial charge is 0.267 e. The fourth-order valence-electron chi connectivity index (χ4n) is 4.15. The van der Waals surface area contributed by atoms with E-state index in [1.165, 1.54) is 27.5 Å². The molecule has 0 radical (unpaired) electrons. The maximum atomic E-state index is 13.5. The number of hydrogen-bond donors (Lipinski definition) is 0. The number of rotatable bonds is 4. The number of hydrogen-bond acceptors (Lipinski definition) is 7. The molecular formula is C24H18N6O2S2. The molecule has 4 heterocycles. The molecule has 2 aromatic carbocycles. The fourth-order valence-corrected chi connectivity index (χ4v) is 5.72. The summed E-state index contributed by atoms with van der Waals surface area (Å²) in [6.07, 6.45) is 1.72. The first-order valence-corrected chi connectivity index (χ1v) is 12.4. The molecule has 0 spiro atoms. The van der Waals surface area contributed by atoms with Gasteiger partial charge in [0.1, 0.15) is 0 Å². The first-order valence-electron chi connectivity index (χ1n) is 10.6. The van der Waals surface area contributed by atoms with Gasteiger partial charge in [-0.2, -0.15) is 0 Å². The van der Waals surface area contributed by atoms with Crippen molar-refractivity contribution < 1.29 is 0 Å². The van der Waals surface area contributed by atoms with E-state index in [1.54, 1.807) is 16.8 Å². The largest absolute Gasteiger partial charge is 0.269 e. The van der Waals surface area contributed by atoms with Crippen LogP contribution < -0.4 is 11.1 Å². The predicted octanol–water partition coefficient (Wildman–Crippen LogP) is 4.01. The van der Waals surface area contributed by atoms with Crippen molar-refractivity contribution in [2.45, 2.75) is 24.8 Å². The first-order chi connectivity index (χ1) is 16.5. The number of thioether (sulfide) groups is 1. The zero-order valence-electron chi connectivity index (χ0n) is 18.3. The Labute approximate surface area is 201 Å². The third-order valence-electron chi connectivity index (χ3n) is 5.69. The van der Waals surface area contributed by atoms with E-state index in [4.69, 9.17) is 0 Å². The summed E-state index contributed by atoms with van der Waals surface area (Å²) < 4.78 is 5.05. The molecule has 4 aromatic heterocycles. The Morgan fingerprint density at radius 3 is 2.74 bits per heavy atom. The van der Waals surface area contributed by atoms with Crippen LogP contribution >= 0.6 is 23.1 Å². The Hall–Kier alpha value is -3.76. The minimum absolute atomic E-state index is 0.109. The normalized spacial score (nSPS) is 11.7. The molecule has 10 heteroatoms. The van der Waals surface area contributed by atoms with Gasteiger partial charge in [0.2, 0.25) is 5.78 Å². The minimum Gasteiger partial charge on any atom is -0.269 e. The Kier molecular flexibility index (Phi) is 4.85. The van der Waals surface area contributed by atoms with Crippen molar-refractivity contribution in [3.05, 3.63) is 97.6 Å². The highest BCUT2D eigenvalue weighted by atomic mass is 32.2. The summed E-state index contributed by atoms with van der Waals surface area (Å²) in [6, 6.07) is 15.0. The van der Waals surface area contributed by atoms with Crippen LogP contribution in [0.2, 0.25) is 0 Å². The summed E-state index contributed by atoms with van der Waals surface area (Å²) in [4.78, 5) is 31.1. The first kappa shape index (κ1) is 20.8. The van der Waals surface area contributed by atoms with E-state index in [-0.39, 0.29) is 11.1 Å². The molecule has 6 aromatic rings. The van der Waals surface area contributed by atoms with Crippen molar-refractivity contribution in [3.8, 4) is 5.69 Å². The van der Waals surface area contributed by atoms with Crippen LogP contribution in [0.5, 0.6) is 0 Å². The number of para-hydroxylation sites is 1. The summed E-state index contributed by atoms with van der Waals surface area (Å²) in [5.41, 5.74) is 4.02. The maximum Gasteiger partial charge on any atom is 0.267 e. The van der Waals surface area contributed by atoms with Crippen LogP contribution in [0.3, 0.4) is 0 Å². The molecule has 34 heavy (non-hydrogen) atoms. The van der Waals surface area contributed by atoms with Gasteiger partial charge in [-0.25, -0.2) is 9.55 Å². The molecule has 0 aliphatic heterocycles. The zero-order valence-corrected chi connectivity index (χ0v) is 19.9. The zero-order chi connectivity index (χ0) is 23.4. The van der Waals surface area contributed by atoms with Gasteiger partial charge in [-0.15, -0.1) is 21.5 Å². The summed E-state index contributed by atoms with van der Waals surface area (Å²) in [5.74, 6) is 0.890. The van der Waals surface area contributed by atoms with E-state index in [0.717, 1.165) is 22.3 Å². The van der Waals surface area contributed by atoms with Gasteiger partial charge < -0.3 is 0 Å². The predicted molar refractivity (Wildman–Crippen MR) is 134 cm³/mol. The molecule has 0 fully saturated rings. The molecule has 0 aliphatic rings. The highest BCUT2D eigenvalue weighted by Gasteiger charge is 2.19. The van der Waals surface area contributed by atoms with Gasteiger partial charge in [0.05, 0.1) is 22.3 Å². The van der Waals surface area contributed by atoms with Crippen molar-refractivity contribution in [1.29, 1.82) is 0 Å². The second-order valence-electron chi connectivity index (χ2n) is 8.00. The molecule has 0 saturated carbocycles. The molecule has 0 N–H and O–H groups in total. The third-order valence-corrected chi connectivity index (χ3v) is 7.41. The number of thiazole rings is 1. The van der Waals surface area contributed by atoms with Gasteiger partial charge in [0, 0.05) is 23.4 Å². The lowest BCUT2D eigenvalue weighted by Gasteiger charge is -2.13. The highest BCUT2D eigenvalue weighted by Crippen LogP contribution is 2.26. The Morgan fingerprint density at radius 1 is 1.03 bits per heavy atom. The SMILES string of the molecule is Cc1ccc(-n2c(=O)c3ccccc3n3c(SCc4cc(=O)n5ccsc5n4)nnc23)c(C)c1. The maximum absolute atomic E-state index is 13.5. The van der Waals surface area contributed by atoms with Crippen LogP contribution in [-0.2, 0) is 5.75 Å². The second-order valence-corrected chi connectivity index (χ2v) is 9.81. The average Bonchev–Trinajstić information content (AvgIpc) is 3.47. The number of nitrogens with zero attached hydrogens (tertiary/aromatic N) is 6. The average molecular weight is 487 g/mol. The van der Waals surface area contributed by atoms with Crippen LogP contribution in [0.25, 0.3) is 27.3 Å². The Balaban J connectivity index is 1.53. The Bertz CT molecular complexity index is 1850. The monoisotopic (exact) mass is 486 g/mol. The van der Waals surface area contributed by atoms with E-state index in [0.29, 0.717) is 32.7 Å². The lowest BCUT2D eigenvalue weighted by molar-refractivity contribution is 0.926. The van der Waals surface area contributed by atoms with Gasteiger partial charge in [-0.3, -0.25) is 18.4 Å². The quantitative estimate of drug-likeness (QED) is 0.350. The van der Waals surface area contributed by atoms with Crippen LogP contribution in [0, 0.1) is 13.8 Å². The van der Waals surface area contributed by atoms with Crippen LogP contribution in [0.4, 0.5) is 0 Å². The number of benzene rings is 2. The van der Waals surface area contributed by atoms with Crippen molar-refractivity contribution >= 4 is 44.7 Å². The molecular weight excluding hydrogens is 468 g/mol. The van der Waals surface area contributed by atoms with Gasteiger partial charge in [0.25, 0.3) is 11.1 Å². The van der Waals surface area contributed by atoms with Gasteiger partial charge in [-0.1, -0.05) is 41.6 Å². The third kappa shape index (κ3) is 3.25. The molecule has 6 rings (SSSR count). The van der Waals surface area contributed by atoms with Gasteiger partial charge in [0.15, 0.2) is 10.1 Å². The van der Waals surface area contributed by atoms with E-state index in [9.17, 15) is 9.59 Å². The van der Waals surface area contributed by atoms with E-state index in [1.807, 2.05) is 66.1 Å². The topological polar surface area (TPSA) is 86.6 Å². The number of fused-ring (bicyclic) bond motifs is 4. The number of aromatic nitrogens is 6. The van der Waals surface area contributed by atoms with Crippen molar-refractivity contribution in [2.75, 3.05) is 0 Å². The van der Waals surface area contributed by atoms with Crippen molar-refractivity contribution in [1.82, 2.24) is 28.5 Å². The van der Waals surface area contributed by atoms with E-state index >= 15 is 0 Å². The molecule has 8 nitrogen and oxygen atoms in total. The molecule has 0 unspecified atom stereocenters. The molecule has 0 atom stereocenters. The van der Waals surface area contributed by atoms with Crippen LogP contribution in [0.15, 0.2) is 74.9 Å². The summed E-state index contributed by atoms with van der Waals surface area (Å²) >= 11 is 2.85. The van der Waals surface area contributed by atoms with E-state index < -0.39 is 0 Å². The van der Waals surface area contributed by atoms with Gasteiger partial charge >= 0.3 is 0 Å². The molecule has 0 saturated heterocycles. The van der Waals surface area contributed by atoms with E-state index in [2.05, 4.69) is 15.2 Å². The summed E-state index contributed by atoms with van der Waals surface area (Å²) in [6.45, 7) is 4.01. The van der Waals surface area contributed by atoms with Crippen molar-refractivity contribution in [3.63, 3.8) is 0 Å². The molecule has 0 bridgehead atoms. The summed E-state index contributed by atoms with van der Waals surface area (Å²) in [5, 5.41) is 11.9. The molecule has 168 valence electrons. The van der Waals surface area contributed by atoms with Crippen LogP contribution in [-0.4, -0.2) is 28.5 Å². The second kappa shape index (κ2) is 7.93. The Morgan fingerprint density at radius 2 is 1.88 bits per heavy atom. The molecule has 0 amide bonds. The summed E-state index contributed by atoms with van der Waals surface area (Å²) in [7, 11) is 0. The lowest BCUT2D eigenvalue weighted by Crippen LogP contribution is -2.22. The van der Waals surface area contributed by atoms with Crippen LogP contribution in [0.1, 0.15) is 16.8 Å². The van der Waals surface area contributed by atoms with Gasteiger partial charge in [-0.05, 0) is 37.6 Å². The van der Waals surface area contributed by atoms with Crippen molar-refractivity contribution in [2.24, 2.45) is 0 Å². The minimum atomic E-state index is -0.142. The lowest BCUT2D eigenvalue weighted by atomic mass is 10.1.